The number of aliphatic hydroxyl groups is 2. The molecule has 110 valence electrons. The van der Waals surface area contributed by atoms with E-state index >= 15 is 0 Å². The molecule has 2 rings (SSSR count). The molecule has 1 aliphatic heterocycles. The molecule has 2 N–H and O–H groups in total. The Kier molecular flexibility index (Phi) is 5.15. The molecule has 1 fully saturated rings. The van der Waals surface area contributed by atoms with Gasteiger partial charge in [0, 0.05) is 12.6 Å². The standard InChI is InChI=1S/C16H23NO3/c1-12(18)10-14-8-5-9-17(14)16(20)11-15(19)13-6-3-2-4-7-13/h2-4,6-7,12,14-15,18-19H,5,8-11H2,1H3. The number of benzene rings is 1. The highest BCUT2D eigenvalue weighted by Gasteiger charge is 2.30. The van der Waals surface area contributed by atoms with Crippen molar-refractivity contribution >= 4 is 5.91 Å². The Morgan fingerprint density at radius 1 is 1.35 bits per heavy atom. The van der Waals surface area contributed by atoms with E-state index in [4.69, 9.17) is 0 Å². The van der Waals surface area contributed by atoms with E-state index in [9.17, 15) is 15.0 Å². The van der Waals surface area contributed by atoms with E-state index in [-0.39, 0.29) is 18.4 Å². The van der Waals surface area contributed by atoms with Crippen molar-refractivity contribution in [1.29, 1.82) is 0 Å². The second-order valence-corrected chi connectivity index (χ2v) is 5.60. The minimum Gasteiger partial charge on any atom is -0.393 e. The van der Waals surface area contributed by atoms with E-state index in [1.807, 2.05) is 35.2 Å². The van der Waals surface area contributed by atoms with E-state index in [0.29, 0.717) is 6.42 Å². The topological polar surface area (TPSA) is 60.8 Å². The molecule has 20 heavy (non-hydrogen) atoms. The maximum atomic E-state index is 12.3. The first-order valence-electron chi connectivity index (χ1n) is 7.28. The van der Waals surface area contributed by atoms with Gasteiger partial charge in [-0.15, -0.1) is 0 Å². The molecule has 0 bridgehead atoms. The van der Waals surface area contributed by atoms with E-state index in [1.54, 1.807) is 6.92 Å². The van der Waals surface area contributed by atoms with Gasteiger partial charge in [0.25, 0.3) is 0 Å². The van der Waals surface area contributed by atoms with Gasteiger partial charge in [0.2, 0.25) is 5.91 Å². The van der Waals surface area contributed by atoms with Crippen LogP contribution in [0.3, 0.4) is 0 Å². The van der Waals surface area contributed by atoms with Gasteiger partial charge in [-0.2, -0.15) is 0 Å². The minimum absolute atomic E-state index is 0.0236. The fraction of sp³-hybridized carbons (Fsp3) is 0.562. The van der Waals surface area contributed by atoms with Crippen LogP contribution in [0.15, 0.2) is 30.3 Å². The lowest BCUT2D eigenvalue weighted by Crippen LogP contribution is -2.37. The number of hydrogen-bond acceptors (Lipinski definition) is 3. The van der Waals surface area contributed by atoms with Crippen LogP contribution in [-0.2, 0) is 4.79 Å². The molecule has 3 unspecified atom stereocenters. The average Bonchev–Trinajstić information content (AvgIpc) is 2.87. The number of carbonyl (C=O) groups excluding carboxylic acids is 1. The lowest BCUT2D eigenvalue weighted by Gasteiger charge is -2.26. The smallest absolute Gasteiger partial charge is 0.225 e. The summed E-state index contributed by atoms with van der Waals surface area (Å²) in [6.45, 7) is 2.48. The molecule has 0 radical (unpaired) electrons. The van der Waals surface area contributed by atoms with Gasteiger partial charge in [0.1, 0.15) is 0 Å². The van der Waals surface area contributed by atoms with Crippen molar-refractivity contribution in [3.63, 3.8) is 0 Å². The van der Waals surface area contributed by atoms with Crippen molar-refractivity contribution in [2.24, 2.45) is 0 Å². The molecule has 0 saturated carbocycles. The van der Waals surface area contributed by atoms with Crippen LogP contribution in [0, 0.1) is 0 Å². The van der Waals surface area contributed by atoms with Crippen molar-refractivity contribution in [3.05, 3.63) is 35.9 Å². The summed E-state index contributed by atoms with van der Waals surface area (Å²) in [4.78, 5) is 14.1. The Bertz CT molecular complexity index is 433. The Morgan fingerprint density at radius 2 is 2.05 bits per heavy atom. The summed E-state index contributed by atoms with van der Waals surface area (Å²) in [5.41, 5.74) is 0.770. The molecular formula is C16H23NO3. The number of hydrogen-bond donors (Lipinski definition) is 2. The van der Waals surface area contributed by atoms with E-state index < -0.39 is 12.2 Å². The summed E-state index contributed by atoms with van der Waals surface area (Å²) in [5, 5.41) is 19.6. The van der Waals surface area contributed by atoms with Crippen molar-refractivity contribution < 1.29 is 15.0 Å². The van der Waals surface area contributed by atoms with Gasteiger partial charge in [0.05, 0.1) is 18.6 Å². The summed E-state index contributed by atoms with van der Waals surface area (Å²) in [5.74, 6) is -0.0236. The molecule has 0 spiro atoms. The van der Waals surface area contributed by atoms with Crippen LogP contribution in [0.2, 0.25) is 0 Å². The Balaban J connectivity index is 1.94. The zero-order valence-electron chi connectivity index (χ0n) is 11.9. The van der Waals surface area contributed by atoms with Crippen LogP contribution >= 0.6 is 0 Å². The van der Waals surface area contributed by atoms with Crippen molar-refractivity contribution in [1.82, 2.24) is 4.90 Å². The van der Waals surface area contributed by atoms with Crippen LogP contribution in [0.5, 0.6) is 0 Å². The Labute approximate surface area is 120 Å². The average molecular weight is 277 g/mol. The highest BCUT2D eigenvalue weighted by atomic mass is 16.3. The predicted molar refractivity (Wildman–Crippen MR) is 77.1 cm³/mol. The van der Waals surface area contributed by atoms with Gasteiger partial charge in [0.15, 0.2) is 0 Å². The molecule has 1 heterocycles. The normalized spacial score (nSPS) is 21.8. The highest BCUT2D eigenvalue weighted by Crippen LogP contribution is 2.25. The molecule has 4 heteroatoms. The number of amides is 1. The first-order valence-corrected chi connectivity index (χ1v) is 7.28. The highest BCUT2D eigenvalue weighted by molar-refractivity contribution is 5.77. The molecule has 1 aliphatic rings. The van der Waals surface area contributed by atoms with Gasteiger partial charge >= 0.3 is 0 Å². The van der Waals surface area contributed by atoms with Crippen molar-refractivity contribution in [2.45, 2.75) is 50.9 Å². The molecule has 1 aromatic rings. The van der Waals surface area contributed by atoms with Crippen molar-refractivity contribution in [2.75, 3.05) is 6.54 Å². The third kappa shape index (κ3) is 3.81. The first-order chi connectivity index (χ1) is 9.58. The number of carbonyl (C=O) groups is 1. The Hall–Kier alpha value is -1.39. The van der Waals surface area contributed by atoms with Crippen LogP contribution in [-0.4, -0.2) is 39.7 Å². The largest absolute Gasteiger partial charge is 0.393 e. The quantitative estimate of drug-likeness (QED) is 0.864. The molecule has 1 amide bonds. The molecule has 1 aromatic carbocycles. The summed E-state index contributed by atoms with van der Waals surface area (Å²) < 4.78 is 0. The SMILES string of the molecule is CC(O)CC1CCCN1C(=O)CC(O)c1ccccc1. The molecule has 0 aliphatic carbocycles. The molecule has 0 aromatic heterocycles. The zero-order valence-corrected chi connectivity index (χ0v) is 11.9. The third-order valence-corrected chi connectivity index (χ3v) is 3.86. The fourth-order valence-electron chi connectivity index (χ4n) is 2.88. The van der Waals surface area contributed by atoms with Gasteiger partial charge in [-0.05, 0) is 31.7 Å². The van der Waals surface area contributed by atoms with Gasteiger partial charge < -0.3 is 15.1 Å². The first kappa shape index (κ1) is 15.0. The summed E-state index contributed by atoms with van der Waals surface area (Å²) in [6.07, 6.45) is 1.50. The Morgan fingerprint density at radius 3 is 2.70 bits per heavy atom. The van der Waals surface area contributed by atoms with E-state index in [1.165, 1.54) is 0 Å². The summed E-state index contributed by atoms with van der Waals surface area (Å²) in [6, 6.07) is 9.37. The second-order valence-electron chi connectivity index (χ2n) is 5.60. The minimum atomic E-state index is -0.753. The lowest BCUT2D eigenvalue weighted by atomic mass is 10.0. The monoisotopic (exact) mass is 277 g/mol. The van der Waals surface area contributed by atoms with Gasteiger partial charge in [-0.25, -0.2) is 0 Å². The predicted octanol–water partition coefficient (Wildman–Crippen LogP) is 1.87. The van der Waals surface area contributed by atoms with Crippen LogP contribution in [0.4, 0.5) is 0 Å². The molecule has 4 nitrogen and oxygen atoms in total. The fourth-order valence-corrected chi connectivity index (χ4v) is 2.88. The molecular weight excluding hydrogens is 254 g/mol. The van der Waals surface area contributed by atoms with Gasteiger partial charge in [-0.1, -0.05) is 30.3 Å². The van der Waals surface area contributed by atoms with Crippen LogP contribution < -0.4 is 0 Å². The maximum Gasteiger partial charge on any atom is 0.225 e. The van der Waals surface area contributed by atoms with Crippen LogP contribution in [0.1, 0.15) is 44.3 Å². The number of aliphatic hydroxyl groups excluding tert-OH is 2. The summed E-state index contributed by atoms with van der Waals surface area (Å²) in [7, 11) is 0. The number of rotatable bonds is 5. The van der Waals surface area contributed by atoms with Gasteiger partial charge in [-0.3, -0.25) is 4.79 Å². The second kappa shape index (κ2) is 6.86. The lowest BCUT2D eigenvalue weighted by molar-refractivity contribution is -0.134. The number of likely N-dealkylation sites (tertiary alicyclic amines) is 1. The van der Waals surface area contributed by atoms with Crippen LogP contribution in [0.25, 0.3) is 0 Å². The zero-order chi connectivity index (χ0) is 14.5. The van der Waals surface area contributed by atoms with E-state index in [2.05, 4.69) is 0 Å². The number of nitrogens with zero attached hydrogens (tertiary/aromatic N) is 1. The molecule has 3 atom stereocenters. The summed E-state index contributed by atoms with van der Waals surface area (Å²) >= 11 is 0. The van der Waals surface area contributed by atoms with E-state index in [0.717, 1.165) is 24.9 Å². The third-order valence-electron chi connectivity index (χ3n) is 3.86. The van der Waals surface area contributed by atoms with Crippen molar-refractivity contribution in [3.8, 4) is 0 Å². The maximum absolute atomic E-state index is 12.3. The molecule has 1 saturated heterocycles.